The van der Waals surface area contributed by atoms with E-state index in [1.165, 1.54) is 23.4 Å². The van der Waals surface area contributed by atoms with Crippen LogP contribution in [-0.4, -0.2) is 18.1 Å². The van der Waals surface area contributed by atoms with E-state index in [-0.39, 0.29) is 0 Å². The van der Waals surface area contributed by atoms with E-state index in [9.17, 15) is 0 Å². The van der Waals surface area contributed by atoms with Gasteiger partial charge < -0.3 is 10.6 Å². The van der Waals surface area contributed by atoms with E-state index >= 15 is 0 Å². The minimum atomic E-state index is 0.623. The lowest BCUT2D eigenvalue weighted by molar-refractivity contribution is 0.727. The molecule has 0 saturated heterocycles. The fraction of sp³-hybridized carbons (Fsp3) is 0.769. The summed E-state index contributed by atoms with van der Waals surface area (Å²) in [4.78, 5) is 8.39. The Morgan fingerprint density at radius 3 is 2.53 bits per heavy atom. The number of nitrogens with two attached hydrogens (primary N) is 1. The van der Waals surface area contributed by atoms with Gasteiger partial charge in [-0.25, -0.2) is 4.98 Å². The number of unbranched alkanes of at least 4 members (excludes halogenated alkanes) is 1. The number of hydrogen-bond acceptors (Lipinski definition) is 4. The minimum Gasteiger partial charge on any atom is -0.348 e. The molecule has 0 amide bonds. The lowest BCUT2D eigenvalue weighted by Crippen LogP contribution is -2.23. The molecular formula is C13H25N3S. The van der Waals surface area contributed by atoms with Crippen molar-refractivity contribution in [3.63, 3.8) is 0 Å². The number of nitrogens with zero attached hydrogens (tertiary/aromatic N) is 2. The lowest BCUT2D eigenvalue weighted by atomic mass is 10.2. The topological polar surface area (TPSA) is 42.2 Å². The second-order valence-corrected chi connectivity index (χ2v) is 5.32. The van der Waals surface area contributed by atoms with E-state index in [1.54, 1.807) is 11.3 Å². The maximum absolute atomic E-state index is 5.79. The summed E-state index contributed by atoms with van der Waals surface area (Å²) in [6.45, 7) is 9.37. The Hall–Kier alpha value is -0.610. The van der Waals surface area contributed by atoms with Crippen molar-refractivity contribution < 1.29 is 0 Å². The second-order valence-electron chi connectivity index (χ2n) is 4.25. The van der Waals surface area contributed by atoms with Crippen molar-refractivity contribution in [2.75, 3.05) is 18.0 Å². The van der Waals surface area contributed by atoms with Gasteiger partial charge in [-0.3, -0.25) is 0 Å². The first-order chi connectivity index (χ1) is 8.26. The summed E-state index contributed by atoms with van der Waals surface area (Å²) in [5, 5.41) is 1.16. The zero-order valence-electron chi connectivity index (χ0n) is 11.3. The molecule has 0 aliphatic carbocycles. The molecule has 0 saturated carbocycles. The Balaban J connectivity index is 2.80. The Morgan fingerprint density at radius 1 is 1.24 bits per heavy atom. The van der Waals surface area contributed by atoms with Gasteiger partial charge in [0.05, 0.1) is 5.69 Å². The summed E-state index contributed by atoms with van der Waals surface area (Å²) in [7, 11) is 0. The van der Waals surface area contributed by atoms with Crippen LogP contribution in [0.1, 0.15) is 50.6 Å². The molecular weight excluding hydrogens is 230 g/mol. The van der Waals surface area contributed by atoms with Gasteiger partial charge in [-0.05, 0) is 19.8 Å². The summed E-state index contributed by atoms with van der Waals surface area (Å²) in [6.07, 6.45) is 4.65. The largest absolute Gasteiger partial charge is 0.348 e. The predicted octanol–water partition coefficient (Wildman–Crippen LogP) is 3.18. The Labute approximate surface area is 109 Å². The van der Waals surface area contributed by atoms with E-state index in [4.69, 9.17) is 10.7 Å². The molecule has 0 unspecified atom stereocenters. The van der Waals surface area contributed by atoms with Crippen LogP contribution in [-0.2, 0) is 13.0 Å². The average Bonchev–Trinajstić information content (AvgIpc) is 2.74. The fourth-order valence-electron chi connectivity index (χ4n) is 1.83. The van der Waals surface area contributed by atoms with Crippen LogP contribution < -0.4 is 10.6 Å². The number of aromatic nitrogens is 1. The molecule has 1 heterocycles. The molecule has 0 atom stereocenters. The molecule has 0 aliphatic heterocycles. The van der Waals surface area contributed by atoms with Crippen molar-refractivity contribution in [2.24, 2.45) is 5.73 Å². The molecule has 0 aliphatic rings. The molecule has 2 N–H and O–H groups in total. The van der Waals surface area contributed by atoms with Gasteiger partial charge in [0.2, 0.25) is 0 Å². The van der Waals surface area contributed by atoms with Gasteiger partial charge in [0, 0.05) is 24.5 Å². The summed E-state index contributed by atoms with van der Waals surface area (Å²) in [5.74, 6) is 0. The number of rotatable bonds is 8. The summed E-state index contributed by atoms with van der Waals surface area (Å²) in [5.41, 5.74) is 7.00. The van der Waals surface area contributed by atoms with Crippen LogP contribution in [0.3, 0.4) is 0 Å². The number of hydrogen-bond donors (Lipinski definition) is 1. The highest BCUT2D eigenvalue weighted by Crippen LogP contribution is 2.27. The van der Waals surface area contributed by atoms with Crippen molar-refractivity contribution in [3.8, 4) is 0 Å². The van der Waals surface area contributed by atoms with Crippen molar-refractivity contribution in [2.45, 2.75) is 53.0 Å². The minimum absolute atomic E-state index is 0.623. The van der Waals surface area contributed by atoms with Crippen LogP contribution in [0.25, 0.3) is 0 Å². The summed E-state index contributed by atoms with van der Waals surface area (Å²) in [6, 6.07) is 0. The summed E-state index contributed by atoms with van der Waals surface area (Å²) < 4.78 is 0. The lowest BCUT2D eigenvalue weighted by Gasteiger charge is -2.19. The molecule has 0 radical (unpaired) electrons. The molecule has 3 nitrogen and oxygen atoms in total. The van der Waals surface area contributed by atoms with Crippen molar-refractivity contribution in [1.82, 2.24) is 4.98 Å². The van der Waals surface area contributed by atoms with Crippen LogP contribution in [0, 0.1) is 0 Å². The molecule has 0 fully saturated rings. The Bertz CT molecular complexity index is 322. The Morgan fingerprint density at radius 2 is 2.00 bits per heavy atom. The maximum atomic E-state index is 5.79. The van der Waals surface area contributed by atoms with E-state index in [1.807, 2.05) is 0 Å². The molecule has 1 aromatic heterocycles. The van der Waals surface area contributed by atoms with E-state index in [0.717, 1.165) is 31.1 Å². The first-order valence-corrected chi connectivity index (χ1v) is 7.51. The van der Waals surface area contributed by atoms with Gasteiger partial charge in [0.25, 0.3) is 0 Å². The van der Waals surface area contributed by atoms with Gasteiger partial charge in [0.15, 0.2) is 5.13 Å². The third kappa shape index (κ3) is 3.96. The number of aryl methyl sites for hydroxylation is 1. The van der Waals surface area contributed by atoms with Gasteiger partial charge >= 0.3 is 0 Å². The normalized spacial score (nSPS) is 10.8. The van der Waals surface area contributed by atoms with Gasteiger partial charge in [0.1, 0.15) is 0 Å². The third-order valence-electron chi connectivity index (χ3n) is 2.87. The average molecular weight is 255 g/mol. The van der Waals surface area contributed by atoms with E-state index in [2.05, 4.69) is 25.7 Å². The smallest absolute Gasteiger partial charge is 0.185 e. The summed E-state index contributed by atoms with van der Waals surface area (Å²) >= 11 is 1.77. The van der Waals surface area contributed by atoms with E-state index in [0.29, 0.717) is 6.54 Å². The highest BCUT2D eigenvalue weighted by molar-refractivity contribution is 7.15. The van der Waals surface area contributed by atoms with Gasteiger partial charge in [-0.15, -0.1) is 11.3 Å². The van der Waals surface area contributed by atoms with Crippen molar-refractivity contribution >= 4 is 16.5 Å². The van der Waals surface area contributed by atoms with Crippen LogP contribution >= 0.6 is 11.3 Å². The zero-order chi connectivity index (χ0) is 12.7. The van der Waals surface area contributed by atoms with Crippen molar-refractivity contribution in [1.29, 1.82) is 0 Å². The van der Waals surface area contributed by atoms with Crippen LogP contribution in [0.2, 0.25) is 0 Å². The predicted molar refractivity (Wildman–Crippen MR) is 76.8 cm³/mol. The first kappa shape index (κ1) is 14.5. The standard InChI is InChI=1S/C13H25N3S/c1-4-7-9-16(6-3)13-15-11(8-5-2)12(10-14)17-13/h4-10,14H2,1-3H3. The molecule has 0 spiro atoms. The second kappa shape index (κ2) is 7.67. The van der Waals surface area contributed by atoms with Gasteiger partial charge in [-0.1, -0.05) is 26.7 Å². The van der Waals surface area contributed by atoms with E-state index < -0.39 is 0 Å². The van der Waals surface area contributed by atoms with Crippen LogP contribution in [0.5, 0.6) is 0 Å². The molecule has 17 heavy (non-hydrogen) atoms. The highest BCUT2D eigenvalue weighted by atomic mass is 32.1. The maximum Gasteiger partial charge on any atom is 0.185 e. The molecule has 4 heteroatoms. The SMILES string of the molecule is CCCCN(CC)c1nc(CCC)c(CN)s1. The van der Waals surface area contributed by atoms with Crippen LogP contribution in [0.4, 0.5) is 5.13 Å². The molecule has 0 bridgehead atoms. The number of anilines is 1. The number of thiazole rings is 1. The van der Waals surface area contributed by atoms with Crippen molar-refractivity contribution in [3.05, 3.63) is 10.6 Å². The highest BCUT2D eigenvalue weighted by Gasteiger charge is 2.13. The van der Waals surface area contributed by atoms with Gasteiger partial charge in [-0.2, -0.15) is 0 Å². The molecule has 1 aromatic rings. The first-order valence-electron chi connectivity index (χ1n) is 6.70. The third-order valence-corrected chi connectivity index (χ3v) is 4.05. The fourth-order valence-corrected chi connectivity index (χ4v) is 2.91. The monoisotopic (exact) mass is 255 g/mol. The van der Waals surface area contributed by atoms with Crippen LogP contribution in [0.15, 0.2) is 0 Å². The zero-order valence-corrected chi connectivity index (χ0v) is 12.1. The molecule has 0 aromatic carbocycles. The molecule has 1 rings (SSSR count). The molecule has 98 valence electrons. The Kier molecular flexibility index (Phi) is 6.52. The quantitative estimate of drug-likeness (QED) is 0.776.